The lowest BCUT2D eigenvalue weighted by Crippen LogP contribution is -2.39. The van der Waals surface area contributed by atoms with Gasteiger partial charge >= 0.3 is 0 Å². The molecular weight excluding hydrogens is 234 g/mol. The van der Waals surface area contributed by atoms with Gasteiger partial charge in [-0.2, -0.15) is 0 Å². The third-order valence-corrected chi connectivity index (χ3v) is 4.59. The van der Waals surface area contributed by atoms with Crippen LogP contribution in [-0.2, 0) is 11.2 Å². The van der Waals surface area contributed by atoms with Crippen molar-refractivity contribution in [2.75, 3.05) is 18.0 Å². The van der Waals surface area contributed by atoms with E-state index in [1.165, 1.54) is 24.1 Å². The van der Waals surface area contributed by atoms with Crippen LogP contribution >= 0.6 is 0 Å². The number of benzene rings is 1. The predicted octanol–water partition coefficient (Wildman–Crippen LogP) is 3.44. The van der Waals surface area contributed by atoms with E-state index in [1.807, 2.05) is 0 Å². The molecule has 2 aliphatic rings. The summed E-state index contributed by atoms with van der Waals surface area (Å²) in [6.07, 6.45) is 5.85. The maximum Gasteiger partial charge on any atom is 0.155 e. The molecule has 1 heterocycles. The van der Waals surface area contributed by atoms with Gasteiger partial charge in [0.15, 0.2) is 5.78 Å². The molecule has 1 atom stereocenters. The van der Waals surface area contributed by atoms with Crippen molar-refractivity contribution in [3.8, 4) is 0 Å². The Morgan fingerprint density at radius 3 is 2.79 bits per heavy atom. The third kappa shape index (κ3) is 2.68. The summed E-state index contributed by atoms with van der Waals surface area (Å²) in [6, 6.07) is 8.57. The van der Waals surface area contributed by atoms with Gasteiger partial charge in [-0.25, -0.2) is 0 Å². The van der Waals surface area contributed by atoms with Crippen molar-refractivity contribution in [2.45, 2.75) is 39.0 Å². The first kappa shape index (κ1) is 12.7. The molecule has 19 heavy (non-hydrogen) atoms. The van der Waals surface area contributed by atoms with Crippen LogP contribution in [0.25, 0.3) is 0 Å². The average Bonchev–Trinajstić information content (AvgIpc) is 2.92. The summed E-state index contributed by atoms with van der Waals surface area (Å²) in [6.45, 7) is 3.92. The van der Waals surface area contributed by atoms with Gasteiger partial charge in [-0.05, 0) is 36.8 Å². The van der Waals surface area contributed by atoms with E-state index in [0.29, 0.717) is 24.2 Å². The number of para-hydroxylation sites is 1. The maximum atomic E-state index is 12.4. The number of hydrogen-bond donors (Lipinski definition) is 0. The standard InChI is InChI=1S/C17H23NO/c1-13-10-15-8-4-5-9-16(15)18(11-13)12-17(19)14-6-2-3-7-14/h4-5,8-9,13-14H,2-3,6-7,10-12H2,1H3. The molecule has 0 N–H and O–H groups in total. The summed E-state index contributed by atoms with van der Waals surface area (Å²) in [4.78, 5) is 14.7. The number of ketones is 1. The van der Waals surface area contributed by atoms with Crippen molar-refractivity contribution in [3.05, 3.63) is 29.8 Å². The zero-order valence-electron chi connectivity index (χ0n) is 11.8. The van der Waals surface area contributed by atoms with Crippen LogP contribution in [0.1, 0.15) is 38.2 Å². The smallest absolute Gasteiger partial charge is 0.155 e. The number of anilines is 1. The molecule has 0 saturated heterocycles. The Balaban J connectivity index is 1.75. The Labute approximate surface area is 115 Å². The lowest BCUT2D eigenvalue weighted by molar-refractivity contribution is -0.121. The van der Waals surface area contributed by atoms with Gasteiger partial charge in [0.25, 0.3) is 0 Å². The molecule has 0 amide bonds. The molecule has 1 unspecified atom stereocenters. The highest BCUT2D eigenvalue weighted by molar-refractivity contribution is 5.86. The van der Waals surface area contributed by atoms with Gasteiger partial charge in [0, 0.05) is 18.2 Å². The first-order valence-corrected chi connectivity index (χ1v) is 7.59. The van der Waals surface area contributed by atoms with E-state index in [-0.39, 0.29) is 0 Å². The minimum Gasteiger partial charge on any atom is -0.364 e. The zero-order chi connectivity index (χ0) is 13.2. The molecule has 1 aromatic carbocycles. The normalized spacial score (nSPS) is 23.4. The average molecular weight is 257 g/mol. The second-order valence-electron chi connectivity index (χ2n) is 6.27. The molecule has 2 heteroatoms. The molecule has 102 valence electrons. The Hall–Kier alpha value is -1.31. The van der Waals surface area contributed by atoms with Crippen LogP contribution in [0.4, 0.5) is 5.69 Å². The summed E-state index contributed by atoms with van der Waals surface area (Å²) in [5, 5.41) is 0. The number of rotatable bonds is 3. The first-order chi connectivity index (χ1) is 9.24. The summed E-state index contributed by atoms with van der Waals surface area (Å²) < 4.78 is 0. The van der Waals surface area contributed by atoms with E-state index in [0.717, 1.165) is 25.8 Å². The molecule has 0 bridgehead atoms. The highest BCUT2D eigenvalue weighted by atomic mass is 16.1. The maximum absolute atomic E-state index is 12.4. The van der Waals surface area contributed by atoms with E-state index in [2.05, 4.69) is 36.1 Å². The van der Waals surface area contributed by atoms with Gasteiger partial charge < -0.3 is 4.90 Å². The second-order valence-corrected chi connectivity index (χ2v) is 6.27. The molecule has 1 saturated carbocycles. The summed E-state index contributed by atoms with van der Waals surface area (Å²) >= 11 is 0. The molecule has 3 rings (SSSR count). The van der Waals surface area contributed by atoms with Gasteiger partial charge in [-0.3, -0.25) is 4.79 Å². The van der Waals surface area contributed by atoms with Crippen LogP contribution in [0.15, 0.2) is 24.3 Å². The molecule has 1 aliphatic heterocycles. The fourth-order valence-corrected chi connectivity index (χ4v) is 3.62. The lowest BCUT2D eigenvalue weighted by atomic mass is 9.93. The number of carbonyl (C=O) groups is 1. The van der Waals surface area contributed by atoms with Gasteiger partial charge in [-0.15, -0.1) is 0 Å². The van der Waals surface area contributed by atoms with E-state index in [4.69, 9.17) is 0 Å². The van der Waals surface area contributed by atoms with Crippen molar-refractivity contribution in [3.63, 3.8) is 0 Å². The molecule has 1 aliphatic carbocycles. The fourth-order valence-electron chi connectivity index (χ4n) is 3.62. The van der Waals surface area contributed by atoms with Crippen LogP contribution in [0.3, 0.4) is 0 Å². The van der Waals surface area contributed by atoms with Gasteiger partial charge in [0.05, 0.1) is 6.54 Å². The summed E-state index contributed by atoms with van der Waals surface area (Å²) in [5.74, 6) is 1.44. The highest BCUT2D eigenvalue weighted by Gasteiger charge is 2.27. The first-order valence-electron chi connectivity index (χ1n) is 7.59. The molecule has 2 nitrogen and oxygen atoms in total. The van der Waals surface area contributed by atoms with Crippen molar-refractivity contribution in [2.24, 2.45) is 11.8 Å². The van der Waals surface area contributed by atoms with E-state index in [9.17, 15) is 4.79 Å². The van der Waals surface area contributed by atoms with Crippen LogP contribution < -0.4 is 4.90 Å². The molecule has 1 fully saturated rings. The van der Waals surface area contributed by atoms with Gasteiger partial charge in [0.1, 0.15) is 0 Å². The number of carbonyl (C=O) groups excluding carboxylic acids is 1. The number of hydrogen-bond acceptors (Lipinski definition) is 2. The monoisotopic (exact) mass is 257 g/mol. The Kier molecular flexibility index (Phi) is 3.58. The third-order valence-electron chi connectivity index (χ3n) is 4.59. The van der Waals surface area contributed by atoms with Crippen molar-refractivity contribution in [1.82, 2.24) is 0 Å². The predicted molar refractivity (Wildman–Crippen MR) is 78.5 cm³/mol. The molecule has 0 aromatic heterocycles. The molecule has 0 radical (unpaired) electrons. The summed E-state index contributed by atoms with van der Waals surface area (Å²) in [5.41, 5.74) is 2.69. The summed E-state index contributed by atoms with van der Waals surface area (Å²) in [7, 11) is 0. The highest BCUT2D eigenvalue weighted by Crippen LogP contribution is 2.31. The SMILES string of the molecule is CC1Cc2ccccc2N(CC(=O)C2CCCC2)C1. The molecule has 1 aromatic rings. The Morgan fingerprint density at radius 2 is 2.00 bits per heavy atom. The van der Waals surface area contributed by atoms with E-state index in [1.54, 1.807) is 0 Å². The second kappa shape index (κ2) is 5.36. The van der Waals surface area contributed by atoms with Crippen LogP contribution in [0.5, 0.6) is 0 Å². The number of nitrogens with zero attached hydrogens (tertiary/aromatic N) is 1. The lowest BCUT2D eigenvalue weighted by Gasteiger charge is -2.34. The topological polar surface area (TPSA) is 20.3 Å². The number of fused-ring (bicyclic) bond motifs is 1. The molecule has 0 spiro atoms. The largest absolute Gasteiger partial charge is 0.364 e. The zero-order valence-corrected chi connectivity index (χ0v) is 11.8. The van der Waals surface area contributed by atoms with Crippen LogP contribution in [0.2, 0.25) is 0 Å². The van der Waals surface area contributed by atoms with Crippen LogP contribution in [0, 0.1) is 11.8 Å². The molecular formula is C17H23NO. The van der Waals surface area contributed by atoms with Crippen molar-refractivity contribution < 1.29 is 4.79 Å². The Bertz CT molecular complexity index is 462. The Morgan fingerprint density at radius 1 is 1.26 bits per heavy atom. The minimum atomic E-state index is 0.337. The van der Waals surface area contributed by atoms with Crippen molar-refractivity contribution in [1.29, 1.82) is 0 Å². The van der Waals surface area contributed by atoms with Crippen molar-refractivity contribution >= 4 is 11.5 Å². The quantitative estimate of drug-likeness (QED) is 0.826. The van der Waals surface area contributed by atoms with E-state index < -0.39 is 0 Å². The van der Waals surface area contributed by atoms with E-state index >= 15 is 0 Å². The minimum absolute atomic E-state index is 0.337. The van der Waals surface area contributed by atoms with Crippen LogP contribution in [-0.4, -0.2) is 18.9 Å². The fraction of sp³-hybridized carbons (Fsp3) is 0.588. The number of Topliss-reactive ketones (excluding diaryl/α,β-unsaturated/α-hetero) is 1. The van der Waals surface area contributed by atoms with Gasteiger partial charge in [0.2, 0.25) is 0 Å². The van der Waals surface area contributed by atoms with Gasteiger partial charge in [-0.1, -0.05) is 38.0 Å².